The van der Waals surface area contributed by atoms with Gasteiger partial charge in [0.15, 0.2) is 0 Å². The summed E-state index contributed by atoms with van der Waals surface area (Å²) in [5, 5.41) is 19.9. The van der Waals surface area contributed by atoms with E-state index in [-0.39, 0.29) is 18.3 Å². The molecule has 3 aliphatic rings. The lowest BCUT2D eigenvalue weighted by molar-refractivity contribution is 0.0696. The molecule has 30 heavy (non-hydrogen) atoms. The summed E-state index contributed by atoms with van der Waals surface area (Å²) in [5.74, 6) is 0.508. The van der Waals surface area contributed by atoms with Crippen LogP contribution in [-0.2, 0) is 4.74 Å². The molecule has 5 atom stereocenters. The molecule has 2 saturated heterocycles. The molecule has 0 amide bonds. The molecular weight excluding hydrogens is 376 g/mol. The monoisotopic (exact) mass is 410 g/mol. The zero-order valence-electron chi connectivity index (χ0n) is 17.7. The van der Waals surface area contributed by atoms with Gasteiger partial charge in [0, 0.05) is 5.92 Å². The first kappa shape index (κ1) is 21.3. The molecule has 2 bridgehead atoms. The molecule has 0 radical (unpaired) electrons. The molecule has 1 aromatic rings. The second-order valence-corrected chi connectivity index (χ2v) is 9.25. The van der Waals surface area contributed by atoms with Crippen molar-refractivity contribution >= 4 is 12.0 Å². The molecule has 0 aromatic heterocycles. The lowest BCUT2D eigenvalue weighted by Crippen LogP contribution is -2.25. The number of aromatic carboxylic acids is 1. The minimum absolute atomic E-state index is 0.262. The maximum atomic E-state index is 11.4. The minimum atomic E-state index is -0.897. The number of rotatable bonds is 8. The lowest BCUT2D eigenvalue weighted by Gasteiger charge is -2.26. The SMILES string of the molecule is O=C(O)c1ccccc1C=CC[C@@H]1[C@H](C=CC(O)CC2CCCCC2)[C@@H]2CC[C@H]1O2. The Kier molecular flexibility index (Phi) is 7.06. The largest absolute Gasteiger partial charge is 0.478 e. The van der Waals surface area contributed by atoms with E-state index in [1.807, 2.05) is 24.3 Å². The standard InChI is InChI=1S/C26H34O4/c27-20(17-18-7-2-1-3-8-18)13-14-23-22(24-15-16-25(23)30-24)12-6-10-19-9-4-5-11-21(19)26(28)29/h4-6,9-11,13-14,18,20,22-25,27H,1-3,7-8,12,15-17H2,(H,28,29)/t20?,22-,23+,24-,25+/m1/s1. The molecular formula is C26H34O4. The summed E-state index contributed by atoms with van der Waals surface area (Å²) in [6, 6.07) is 7.11. The van der Waals surface area contributed by atoms with Gasteiger partial charge in [-0.3, -0.25) is 0 Å². The van der Waals surface area contributed by atoms with Crippen LogP contribution in [0.3, 0.4) is 0 Å². The van der Waals surface area contributed by atoms with Crippen molar-refractivity contribution in [3.05, 3.63) is 53.6 Å². The van der Waals surface area contributed by atoms with E-state index >= 15 is 0 Å². The highest BCUT2D eigenvalue weighted by atomic mass is 16.5. The molecule has 1 saturated carbocycles. The molecule has 2 aliphatic heterocycles. The molecule has 162 valence electrons. The van der Waals surface area contributed by atoms with Crippen molar-refractivity contribution in [1.29, 1.82) is 0 Å². The number of allylic oxidation sites excluding steroid dienone is 1. The van der Waals surface area contributed by atoms with Gasteiger partial charge < -0.3 is 14.9 Å². The minimum Gasteiger partial charge on any atom is -0.478 e. The molecule has 4 rings (SSSR count). The number of hydrogen-bond donors (Lipinski definition) is 2. The highest BCUT2D eigenvalue weighted by molar-refractivity contribution is 5.92. The van der Waals surface area contributed by atoms with Crippen LogP contribution in [0.15, 0.2) is 42.5 Å². The van der Waals surface area contributed by atoms with Gasteiger partial charge in [-0.15, -0.1) is 0 Å². The Hall–Kier alpha value is -1.91. The number of carboxylic acid groups (broad SMARTS) is 1. The summed E-state index contributed by atoms with van der Waals surface area (Å²) >= 11 is 0. The van der Waals surface area contributed by atoms with Crippen molar-refractivity contribution in [3.8, 4) is 0 Å². The van der Waals surface area contributed by atoms with Crippen LogP contribution < -0.4 is 0 Å². The number of carbonyl (C=O) groups is 1. The van der Waals surface area contributed by atoms with E-state index in [9.17, 15) is 15.0 Å². The van der Waals surface area contributed by atoms with Crippen molar-refractivity contribution in [1.82, 2.24) is 0 Å². The third kappa shape index (κ3) is 5.04. The van der Waals surface area contributed by atoms with Gasteiger partial charge in [0.25, 0.3) is 0 Å². The van der Waals surface area contributed by atoms with Gasteiger partial charge in [-0.2, -0.15) is 0 Å². The highest BCUT2D eigenvalue weighted by Crippen LogP contribution is 2.46. The first-order valence-corrected chi connectivity index (χ1v) is 11.6. The normalized spacial score (nSPS) is 30.4. The zero-order chi connectivity index (χ0) is 20.9. The summed E-state index contributed by atoms with van der Waals surface area (Å²) in [7, 11) is 0. The van der Waals surface area contributed by atoms with Gasteiger partial charge in [0.2, 0.25) is 0 Å². The molecule has 1 unspecified atom stereocenters. The Morgan fingerprint density at radius 2 is 1.87 bits per heavy atom. The van der Waals surface area contributed by atoms with Gasteiger partial charge in [-0.25, -0.2) is 4.79 Å². The Balaban J connectivity index is 1.37. The molecule has 4 heteroatoms. The average molecular weight is 411 g/mol. The second-order valence-electron chi connectivity index (χ2n) is 9.25. The molecule has 1 aliphatic carbocycles. The highest BCUT2D eigenvalue weighted by Gasteiger charge is 2.46. The van der Waals surface area contributed by atoms with E-state index in [4.69, 9.17) is 4.74 Å². The van der Waals surface area contributed by atoms with E-state index < -0.39 is 5.97 Å². The fourth-order valence-electron chi connectivity index (χ4n) is 5.68. The number of benzene rings is 1. The summed E-state index contributed by atoms with van der Waals surface area (Å²) < 4.78 is 6.18. The van der Waals surface area contributed by atoms with Gasteiger partial charge in [0.05, 0.1) is 23.9 Å². The predicted molar refractivity (Wildman–Crippen MR) is 118 cm³/mol. The van der Waals surface area contributed by atoms with E-state index in [0.717, 1.165) is 31.2 Å². The van der Waals surface area contributed by atoms with E-state index in [1.165, 1.54) is 32.1 Å². The first-order valence-electron chi connectivity index (χ1n) is 11.6. The Labute approximate surface area is 179 Å². The topological polar surface area (TPSA) is 66.8 Å². The van der Waals surface area contributed by atoms with Crippen LogP contribution in [0.25, 0.3) is 6.08 Å². The quantitative estimate of drug-likeness (QED) is 0.558. The molecule has 4 nitrogen and oxygen atoms in total. The Bertz CT molecular complexity index is 777. The summed E-state index contributed by atoms with van der Waals surface area (Å²) in [6.45, 7) is 0. The van der Waals surface area contributed by atoms with Crippen LogP contribution in [-0.4, -0.2) is 34.5 Å². The van der Waals surface area contributed by atoms with Crippen molar-refractivity contribution in [3.63, 3.8) is 0 Å². The van der Waals surface area contributed by atoms with E-state index in [1.54, 1.807) is 12.1 Å². The fraction of sp³-hybridized carbons (Fsp3) is 0.577. The Morgan fingerprint density at radius 1 is 1.10 bits per heavy atom. The van der Waals surface area contributed by atoms with Crippen molar-refractivity contribution in [2.24, 2.45) is 17.8 Å². The zero-order valence-corrected chi connectivity index (χ0v) is 17.7. The molecule has 2 heterocycles. The van der Waals surface area contributed by atoms with Gasteiger partial charge in [0.1, 0.15) is 0 Å². The van der Waals surface area contributed by atoms with Crippen molar-refractivity contribution in [2.45, 2.75) is 76.1 Å². The predicted octanol–water partition coefficient (Wildman–Crippen LogP) is 5.47. The van der Waals surface area contributed by atoms with Crippen LogP contribution >= 0.6 is 0 Å². The van der Waals surface area contributed by atoms with Gasteiger partial charge in [-0.05, 0) is 49.1 Å². The molecule has 1 aromatic carbocycles. The maximum absolute atomic E-state index is 11.4. The number of carboxylic acids is 1. The van der Waals surface area contributed by atoms with Gasteiger partial charge >= 0.3 is 5.97 Å². The summed E-state index contributed by atoms with van der Waals surface area (Å²) in [4.78, 5) is 11.4. The number of aliphatic hydroxyl groups is 1. The average Bonchev–Trinajstić information content (AvgIpc) is 3.35. The molecule has 3 fully saturated rings. The third-order valence-corrected chi connectivity index (χ3v) is 7.24. The third-order valence-electron chi connectivity index (χ3n) is 7.24. The Morgan fingerprint density at radius 3 is 2.67 bits per heavy atom. The number of fused-ring (bicyclic) bond motifs is 2. The van der Waals surface area contributed by atoms with E-state index in [2.05, 4.69) is 12.2 Å². The first-order chi connectivity index (χ1) is 14.6. The fourth-order valence-corrected chi connectivity index (χ4v) is 5.68. The lowest BCUT2D eigenvalue weighted by atomic mass is 9.77. The van der Waals surface area contributed by atoms with Crippen LogP contribution in [0.4, 0.5) is 0 Å². The maximum Gasteiger partial charge on any atom is 0.336 e. The van der Waals surface area contributed by atoms with Gasteiger partial charge in [-0.1, -0.05) is 74.6 Å². The van der Waals surface area contributed by atoms with Crippen molar-refractivity contribution < 1.29 is 19.7 Å². The second kappa shape index (κ2) is 9.93. The van der Waals surface area contributed by atoms with Crippen LogP contribution in [0.2, 0.25) is 0 Å². The number of hydrogen-bond acceptors (Lipinski definition) is 3. The van der Waals surface area contributed by atoms with Crippen LogP contribution in [0.5, 0.6) is 0 Å². The smallest absolute Gasteiger partial charge is 0.336 e. The number of ether oxygens (including phenoxy) is 1. The van der Waals surface area contributed by atoms with E-state index in [0.29, 0.717) is 23.3 Å². The van der Waals surface area contributed by atoms with Crippen molar-refractivity contribution in [2.75, 3.05) is 0 Å². The number of aliphatic hydroxyl groups excluding tert-OH is 1. The molecule has 0 spiro atoms. The molecule has 2 N–H and O–H groups in total. The van der Waals surface area contributed by atoms with Crippen LogP contribution in [0.1, 0.15) is 73.7 Å². The summed E-state index contributed by atoms with van der Waals surface area (Å²) in [5.41, 5.74) is 1.07. The summed E-state index contributed by atoms with van der Waals surface area (Å²) in [6.07, 6.45) is 18.8. The van der Waals surface area contributed by atoms with Crippen LogP contribution in [0, 0.1) is 17.8 Å².